The molecule has 3 N–H and O–H groups in total. The van der Waals surface area contributed by atoms with E-state index in [4.69, 9.17) is 16.7 Å². The van der Waals surface area contributed by atoms with E-state index in [1.54, 1.807) is 0 Å². The first kappa shape index (κ1) is 16.0. The highest BCUT2D eigenvalue weighted by atomic mass is 79.9. The molecule has 1 fully saturated rings. The van der Waals surface area contributed by atoms with Gasteiger partial charge in [0, 0.05) is 4.47 Å². The highest BCUT2D eigenvalue weighted by Gasteiger charge is 2.40. The van der Waals surface area contributed by atoms with Gasteiger partial charge in [0.2, 0.25) is 0 Å². The van der Waals surface area contributed by atoms with E-state index in [0.717, 1.165) is 12.5 Å². The number of aliphatic carboxylic acids is 1. The quantitative estimate of drug-likeness (QED) is 0.745. The molecule has 0 aliphatic heterocycles. The zero-order chi connectivity index (χ0) is 15.6. The molecule has 0 aromatic heterocycles. The number of nitrogens with one attached hydrogen (secondary N) is 2. The lowest BCUT2D eigenvalue weighted by atomic mass is 9.74. The van der Waals surface area contributed by atoms with Crippen molar-refractivity contribution in [3.05, 3.63) is 27.4 Å². The minimum atomic E-state index is -0.962. The van der Waals surface area contributed by atoms with E-state index in [1.165, 1.54) is 6.07 Å². The second kappa shape index (κ2) is 6.19. The number of amides is 2. The number of halogens is 3. The Labute approximate surface area is 134 Å². The number of rotatable bonds is 4. The Morgan fingerprint density at radius 2 is 2.10 bits per heavy atom. The molecule has 1 aliphatic rings. The predicted molar refractivity (Wildman–Crippen MR) is 80.1 cm³/mol. The Morgan fingerprint density at radius 3 is 2.57 bits per heavy atom. The minimum absolute atomic E-state index is 0.0536. The fraction of sp³-hybridized carbons (Fsp3) is 0.385. The van der Waals surface area contributed by atoms with Crippen LogP contribution in [0.2, 0.25) is 5.02 Å². The number of urea groups is 1. The maximum Gasteiger partial charge on any atom is 0.319 e. The molecule has 1 aliphatic carbocycles. The van der Waals surface area contributed by atoms with Gasteiger partial charge in [0.15, 0.2) is 0 Å². The molecule has 2 rings (SSSR count). The van der Waals surface area contributed by atoms with Gasteiger partial charge in [-0.1, -0.05) is 11.6 Å². The van der Waals surface area contributed by atoms with Crippen molar-refractivity contribution < 1.29 is 19.1 Å². The van der Waals surface area contributed by atoms with Crippen LogP contribution < -0.4 is 10.6 Å². The molecular weight excluding hydrogens is 367 g/mol. The normalized spacial score (nSPS) is 16.0. The van der Waals surface area contributed by atoms with E-state index in [2.05, 4.69) is 26.6 Å². The number of carboxylic acids is 1. The van der Waals surface area contributed by atoms with E-state index in [1.807, 2.05) is 0 Å². The van der Waals surface area contributed by atoms with Crippen LogP contribution in [0.4, 0.5) is 14.9 Å². The third kappa shape index (κ3) is 3.85. The molecule has 114 valence electrons. The number of benzene rings is 1. The van der Waals surface area contributed by atoms with Gasteiger partial charge in [0.1, 0.15) is 5.82 Å². The van der Waals surface area contributed by atoms with Gasteiger partial charge >= 0.3 is 12.0 Å². The predicted octanol–water partition coefficient (Wildman–Crippen LogP) is 3.76. The monoisotopic (exact) mass is 378 g/mol. The number of hydrogen-bond donors (Lipinski definition) is 3. The van der Waals surface area contributed by atoms with Gasteiger partial charge in [-0.2, -0.15) is 0 Å². The molecule has 0 bridgehead atoms. The highest BCUT2D eigenvalue weighted by Crippen LogP contribution is 2.36. The van der Waals surface area contributed by atoms with Crippen LogP contribution >= 0.6 is 27.5 Å². The van der Waals surface area contributed by atoms with Crippen LogP contribution in [0, 0.1) is 5.82 Å². The number of hydrogen-bond acceptors (Lipinski definition) is 2. The first-order chi connectivity index (χ1) is 9.81. The summed E-state index contributed by atoms with van der Waals surface area (Å²) in [6, 6.07) is 1.70. The topological polar surface area (TPSA) is 78.4 Å². The van der Waals surface area contributed by atoms with E-state index in [9.17, 15) is 14.0 Å². The maximum atomic E-state index is 13.1. The largest absolute Gasteiger partial charge is 0.481 e. The Kier molecular flexibility index (Phi) is 4.73. The molecule has 21 heavy (non-hydrogen) atoms. The first-order valence-corrected chi connectivity index (χ1v) is 7.44. The molecule has 1 aromatic carbocycles. The zero-order valence-corrected chi connectivity index (χ0v) is 13.2. The number of carbonyl (C=O) groups is 2. The van der Waals surface area contributed by atoms with Gasteiger partial charge < -0.3 is 15.7 Å². The number of anilines is 1. The van der Waals surface area contributed by atoms with Crippen molar-refractivity contribution in [3.8, 4) is 0 Å². The lowest BCUT2D eigenvalue weighted by molar-refractivity contribution is -0.139. The van der Waals surface area contributed by atoms with Crippen molar-refractivity contribution >= 4 is 45.2 Å². The Morgan fingerprint density at radius 1 is 1.43 bits per heavy atom. The van der Waals surface area contributed by atoms with Gasteiger partial charge in [-0.15, -0.1) is 0 Å². The molecule has 0 saturated heterocycles. The van der Waals surface area contributed by atoms with Crippen LogP contribution in [0.1, 0.15) is 25.7 Å². The van der Waals surface area contributed by atoms with Crippen molar-refractivity contribution in [1.82, 2.24) is 5.32 Å². The molecule has 0 radical (unpaired) electrons. The summed E-state index contributed by atoms with van der Waals surface area (Å²) >= 11 is 8.99. The summed E-state index contributed by atoms with van der Waals surface area (Å²) in [7, 11) is 0. The summed E-state index contributed by atoms with van der Waals surface area (Å²) in [4.78, 5) is 22.9. The van der Waals surface area contributed by atoms with Crippen molar-refractivity contribution in [2.24, 2.45) is 0 Å². The van der Waals surface area contributed by atoms with Gasteiger partial charge in [-0.25, -0.2) is 9.18 Å². The van der Waals surface area contributed by atoms with E-state index in [0.29, 0.717) is 17.3 Å². The number of carbonyl (C=O) groups excluding carboxylic acids is 1. The molecular formula is C13H13BrClFN2O3. The van der Waals surface area contributed by atoms with Crippen LogP contribution in [-0.4, -0.2) is 22.6 Å². The van der Waals surface area contributed by atoms with E-state index >= 15 is 0 Å². The average molecular weight is 380 g/mol. The SMILES string of the molecule is O=C(O)CC1(NC(=O)Nc2c(Cl)cc(F)cc2Br)CCC1. The molecule has 1 aromatic rings. The summed E-state index contributed by atoms with van der Waals surface area (Å²) in [6.07, 6.45) is 1.98. The highest BCUT2D eigenvalue weighted by molar-refractivity contribution is 9.10. The van der Waals surface area contributed by atoms with Crippen molar-refractivity contribution in [2.75, 3.05) is 5.32 Å². The Hall–Kier alpha value is -1.34. The minimum Gasteiger partial charge on any atom is -0.481 e. The Bertz CT molecular complexity index is 570. The van der Waals surface area contributed by atoms with Crippen molar-refractivity contribution in [2.45, 2.75) is 31.2 Å². The summed E-state index contributed by atoms with van der Waals surface area (Å²) < 4.78 is 13.4. The van der Waals surface area contributed by atoms with Gasteiger partial charge in [-0.05, 0) is 47.3 Å². The standard InChI is InChI=1S/C13H13BrClFN2O3/c14-8-4-7(16)5-9(15)11(8)17-12(21)18-13(2-1-3-13)6-10(19)20/h4-5H,1-3,6H2,(H,19,20)(H2,17,18,21). The third-order valence-corrected chi connectivity index (χ3v) is 4.35. The van der Waals surface area contributed by atoms with Crippen LogP contribution in [0.25, 0.3) is 0 Å². The zero-order valence-electron chi connectivity index (χ0n) is 10.9. The molecule has 2 amide bonds. The average Bonchev–Trinajstić information content (AvgIpc) is 2.30. The first-order valence-electron chi connectivity index (χ1n) is 6.27. The lowest BCUT2D eigenvalue weighted by Gasteiger charge is -2.41. The van der Waals surface area contributed by atoms with E-state index < -0.39 is 23.4 Å². The summed E-state index contributed by atoms with van der Waals surface area (Å²) in [5, 5.41) is 14.1. The van der Waals surface area contributed by atoms with Crippen LogP contribution in [0.15, 0.2) is 16.6 Å². The van der Waals surface area contributed by atoms with Gasteiger partial charge in [-0.3, -0.25) is 4.79 Å². The molecule has 5 nitrogen and oxygen atoms in total. The van der Waals surface area contributed by atoms with Crippen LogP contribution in [-0.2, 0) is 4.79 Å². The second-order valence-corrected chi connectivity index (χ2v) is 6.29. The molecule has 0 heterocycles. The molecule has 0 unspecified atom stereocenters. The third-order valence-electron chi connectivity index (χ3n) is 3.42. The Balaban J connectivity index is 2.07. The van der Waals surface area contributed by atoms with Crippen LogP contribution in [0.5, 0.6) is 0 Å². The second-order valence-electron chi connectivity index (χ2n) is 5.03. The molecule has 8 heteroatoms. The smallest absolute Gasteiger partial charge is 0.319 e. The maximum absolute atomic E-state index is 13.1. The van der Waals surface area contributed by atoms with Crippen molar-refractivity contribution in [1.29, 1.82) is 0 Å². The van der Waals surface area contributed by atoms with Crippen molar-refractivity contribution in [3.63, 3.8) is 0 Å². The summed E-state index contributed by atoms with van der Waals surface area (Å²) in [6.45, 7) is 0. The van der Waals surface area contributed by atoms with Crippen LogP contribution in [0.3, 0.4) is 0 Å². The van der Waals surface area contributed by atoms with Gasteiger partial charge in [0.05, 0.1) is 22.7 Å². The number of carboxylic acid groups (broad SMARTS) is 1. The molecule has 0 atom stereocenters. The molecule has 1 saturated carbocycles. The lowest BCUT2D eigenvalue weighted by Crippen LogP contribution is -2.55. The fourth-order valence-corrected chi connectivity index (χ4v) is 3.19. The van der Waals surface area contributed by atoms with E-state index in [-0.39, 0.29) is 17.1 Å². The summed E-state index contributed by atoms with van der Waals surface area (Å²) in [5.41, 5.74) is -0.477. The summed E-state index contributed by atoms with van der Waals surface area (Å²) in [5.74, 6) is -1.49. The molecule has 0 spiro atoms. The fourth-order valence-electron chi connectivity index (χ4n) is 2.29. The van der Waals surface area contributed by atoms with Gasteiger partial charge in [0.25, 0.3) is 0 Å².